The number of rotatable bonds is 18. The van der Waals surface area contributed by atoms with Gasteiger partial charge in [-0.25, -0.2) is 9.78 Å². The lowest BCUT2D eigenvalue weighted by Gasteiger charge is -2.39. The van der Waals surface area contributed by atoms with Crippen LogP contribution in [0.4, 0.5) is 33.6 Å². The highest BCUT2D eigenvalue weighted by atomic mass is 35.5. The predicted molar refractivity (Wildman–Crippen MR) is 214 cm³/mol. The van der Waals surface area contributed by atoms with Gasteiger partial charge in [0.2, 0.25) is 11.9 Å². The van der Waals surface area contributed by atoms with Gasteiger partial charge in [0.1, 0.15) is 11.6 Å². The molecule has 0 bridgehead atoms. The van der Waals surface area contributed by atoms with Crippen LogP contribution < -0.4 is 30.5 Å². The Labute approximate surface area is 328 Å². The summed E-state index contributed by atoms with van der Waals surface area (Å²) >= 11 is 6.63. The van der Waals surface area contributed by atoms with E-state index in [1.807, 2.05) is 17.9 Å². The van der Waals surface area contributed by atoms with E-state index in [0.29, 0.717) is 100 Å². The number of methoxy groups -OCH3 is 1. The molecule has 3 N–H and O–H groups in total. The number of urea groups is 1. The van der Waals surface area contributed by atoms with Gasteiger partial charge in [0.15, 0.2) is 0 Å². The molecular formula is C39H54ClN9O6. The first-order chi connectivity index (χ1) is 26.8. The number of aromatic nitrogens is 2. The molecule has 4 heterocycles. The van der Waals surface area contributed by atoms with E-state index in [-0.39, 0.29) is 24.5 Å². The summed E-state index contributed by atoms with van der Waals surface area (Å²) in [4.78, 5) is 46.6. The SMILES string of the molecule is CCC(=O)N1CC[C@H](N2C(=O)N(c3cc(OC)ccc3Cl)Cc3cnc(Nc4ccc(N5CCN(CCOCCOCCOCCN)CC5)c(C)c4)nc32)C1. The third kappa shape index (κ3) is 10.1. The van der Waals surface area contributed by atoms with Crippen LogP contribution in [0.3, 0.4) is 0 Å². The summed E-state index contributed by atoms with van der Waals surface area (Å²) in [6, 6.07) is 11.0. The second-order valence-corrected chi connectivity index (χ2v) is 14.2. The highest BCUT2D eigenvalue weighted by Crippen LogP contribution is 2.38. The summed E-state index contributed by atoms with van der Waals surface area (Å²) in [7, 11) is 1.58. The van der Waals surface area contributed by atoms with Crippen molar-refractivity contribution in [3.05, 3.63) is 58.7 Å². The first kappa shape index (κ1) is 40.4. The Morgan fingerprint density at radius 1 is 0.964 bits per heavy atom. The molecular weight excluding hydrogens is 726 g/mol. The monoisotopic (exact) mass is 779 g/mol. The average molecular weight is 780 g/mol. The van der Waals surface area contributed by atoms with Crippen molar-refractivity contribution in [1.29, 1.82) is 0 Å². The lowest BCUT2D eigenvalue weighted by molar-refractivity contribution is -0.129. The number of nitrogens with zero attached hydrogens (tertiary/aromatic N) is 7. The van der Waals surface area contributed by atoms with Crippen LogP contribution in [-0.2, 0) is 25.5 Å². The van der Waals surface area contributed by atoms with E-state index >= 15 is 0 Å². The van der Waals surface area contributed by atoms with Gasteiger partial charge >= 0.3 is 6.03 Å². The minimum atomic E-state index is -0.262. The lowest BCUT2D eigenvalue weighted by atomic mass is 10.1. The fourth-order valence-electron chi connectivity index (χ4n) is 7.23. The molecule has 3 aromatic rings. The van der Waals surface area contributed by atoms with Gasteiger partial charge in [-0.1, -0.05) is 18.5 Å². The number of piperazine rings is 1. The standard InChI is InChI=1S/C39H54ClN9O6/c1-4-36(50)47-11-9-31(27-47)49-37-29(26-48(39(49)51)35-24-32(52-3)6-7-33(35)40)25-42-38(44-37)43-30-5-8-34(28(2)23-30)46-14-12-45(13-15-46)16-18-54-20-22-55-21-19-53-17-10-41/h5-8,23-25,31H,4,9-22,26-27,41H2,1-3H3,(H,42,43,44)/t31-/m0/s1. The molecule has 3 aliphatic heterocycles. The molecule has 2 fully saturated rings. The molecule has 3 amide bonds. The summed E-state index contributed by atoms with van der Waals surface area (Å²) in [5, 5.41) is 3.80. The van der Waals surface area contributed by atoms with E-state index in [1.165, 1.54) is 5.69 Å². The van der Waals surface area contributed by atoms with Crippen LogP contribution in [0.25, 0.3) is 0 Å². The van der Waals surface area contributed by atoms with Crippen LogP contribution in [0, 0.1) is 6.92 Å². The maximum absolute atomic E-state index is 14.4. The summed E-state index contributed by atoms with van der Waals surface area (Å²) in [5.74, 6) is 1.57. The number of likely N-dealkylation sites (tertiary alicyclic amines) is 1. The molecule has 2 aromatic carbocycles. The van der Waals surface area contributed by atoms with Crippen molar-refractivity contribution in [3.63, 3.8) is 0 Å². The topological polar surface area (TPSA) is 151 Å². The second-order valence-electron chi connectivity index (χ2n) is 13.8. The molecule has 3 aliphatic rings. The molecule has 16 heteroatoms. The van der Waals surface area contributed by atoms with Crippen LogP contribution in [0.1, 0.15) is 30.9 Å². The normalized spacial score (nSPS) is 17.5. The molecule has 298 valence electrons. The maximum Gasteiger partial charge on any atom is 0.330 e. The zero-order chi connectivity index (χ0) is 38.7. The number of amides is 3. The summed E-state index contributed by atoms with van der Waals surface area (Å²) in [5.41, 5.74) is 9.90. The largest absolute Gasteiger partial charge is 0.497 e. The van der Waals surface area contributed by atoms with Gasteiger partial charge in [0, 0.05) is 88.0 Å². The molecule has 15 nitrogen and oxygen atoms in total. The van der Waals surface area contributed by atoms with Gasteiger partial charge in [-0.15, -0.1) is 0 Å². The molecule has 0 saturated carbocycles. The Kier molecular flexibility index (Phi) is 14.4. The molecule has 2 saturated heterocycles. The number of nitrogens with two attached hydrogens (primary N) is 1. The number of benzene rings is 2. The van der Waals surface area contributed by atoms with E-state index in [4.69, 9.17) is 41.3 Å². The summed E-state index contributed by atoms with van der Waals surface area (Å²) in [6.07, 6.45) is 2.80. The van der Waals surface area contributed by atoms with Crippen molar-refractivity contribution in [1.82, 2.24) is 19.8 Å². The quantitative estimate of drug-likeness (QED) is 0.178. The molecule has 6 rings (SSSR count). The Morgan fingerprint density at radius 2 is 1.71 bits per heavy atom. The molecule has 1 atom stereocenters. The van der Waals surface area contributed by atoms with Crippen molar-refractivity contribution in [3.8, 4) is 5.75 Å². The smallest absolute Gasteiger partial charge is 0.330 e. The van der Waals surface area contributed by atoms with Crippen molar-refractivity contribution in [2.24, 2.45) is 5.73 Å². The van der Waals surface area contributed by atoms with Crippen LogP contribution in [0.5, 0.6) is 5.75 Å². The summed E-state index contributed by atoms with van der Waals surface area (Å²) < 4.78 is 22.0. The zero-order valence-corrected chi connectivity index (χ0v) is 32.9. The van der Waals surface area contributed by atoms with E-state index < -0.39 is 0 Å². The van der Waals surface area contributed by atoms with Gasteiger partial charge in [0.25, 0.3) is 0 Å². The number of hydrogen-bond donors (Lipinski definition) is 2. The minimum absolute atomic E-state index is 0.0646. The van der Waals surface area contributed by atoms with E-state index in [2.05, 4.69) is 39.2 Å². The van der Waals surface area contributed by atoms with E-state index in [1.54, 1.807) is 41.3 Å². The number of ether oxygens (including phenoxy) is 4. The minimum Gasteiger partial charge on any atom is -0.497 e. The number of anilines is 5. The summed E-state index contributed by atoms with van der Waals surface area (Å²) in [6.45, 7) is 13.9. The van der Waals surface area contributed by atoms with Crippen LogP contribution >= 0.6 is 11.6 Å². The highest BCUT2D eigenvalue weighted by molar-refractivity contribution is 6.34. The number of halogens is 1. The zero-order valence-electron chi connectivity index (χ0n) is 32.2. The predicted octanol–water partition coefficient (Wildman–Crippen LogP) is 4.28. The first-order valence-corrected chi connectivity index (χ1v) is 19.5. The van der Waals surface area contributed by atoms with Crippen molar-refractivity contribution < 1.29 is 28.5 Å². The van der Waals surface area contributed by atoms with Crippen molar-refractivity contribution in [2.45, 2.75) is 39.3 Å². The van der Waals surface area contributed by atoms with Gasteiger partial charge < -0.3 is 39.8 Å². The van der Waals surface area contributed by atoms with E-state index in [9.17, 15) is 9.59 Å². The molecule has 0 spiro atoms. The molecule has 0 radical (unpaired) electrons. The van der Waals surface area contributed by atoms with Gasteiger partial charge in [-0.05, 0) is 49.2 Å². The van der Waals surface area contributed by atoms with Crippen molar-refractivity contribution >= 4 is 52.4 Å². The number of carbonyl (C=O) groups excluding carboxylic acids is 2. The van der Waals surface area contributed by atoms with Crippen molar-refractivity contribution in [2.75, 3.05) is 119 Å². The third-order valence-corrected chi connectivity index (χ3v) is 10.5. The fourth-order valence-corrected chi connectivity index (χ4v) is 7.45. The lowest BCUT2D eigenvalue weighted by Crippen LogP contribution is -2.53. The molecule has 1 aromatic heterocycles. The second kappa shape index (κ2) is 19.6. The third-order valence-electron chi connectivity index (χ3n) is 10.2. The molecule has 0 aliphatic carbocycles. The molecule has 0 unspecified atom stereocenters. The fraction of sp³-hybridized carbons (Fsp3) is 0.538. The Hall–Kier alpha value is -4.25. The number of fused-ring (bicyclic) bond motifs is 1. The Bertz CT molecular complexity index is 1760. The number of hydrogen-bond acceptors (Lipinski definition) is 12. The number of nitrogens with one attached hydrogen (secondary N) is 1. The van der Waals surface area contributed by atoms with Crippen LogP contribution in [-0.4, -0.2) is 137 Å². The maximum atomic E-state index is 14.4. The first-order valence-electron chi connectivity index (χ1n) is 19.2. The van der Waals surface area contributed by atoms with Crippen LogP contribution in [0.2, 0.25) is 5.02 Å². The van der Waals surface area contributed by atoms with Crippen LogP contribution in [0.15, 0.2) is 42.6 Å². The van der Waals surface area contributed by atoms with E-state index in [0.717, 1.165) is 49.5 Å². The van der Waals surface area contributed by atoms with Gasteiger partial charge in [-0.2, -0.15) is 4.98 Å². The Morgan fingerprint density at radius 3 is 2.42 bits per heavy atom. The van der Waals surface area contributed by atoms with Gasteiger partial charge in [0.05, 0.1) is 70.0 Å². The number of carbonyl (C=O) groups is 2. The number of aryl methyl sites for hydroxylation is 1. The Balaban J connectivity index is 1.08. The highest BCUT2D eigenvalue weighted by Gasteiger charge is 2.41. The molecule has 55 heavy (non-hydrogen) atoms. The average Bonchev–Trinajstić information content (AvgIpc) is 3.69. The van der Waals surface area contributed by atoms with Gasteiger partial charge in [-0.3, -0.25) is 19.5 Å².